The maximum atomic E-state index is 13.0. The molecule has 14 heavy (non-hydrogen) atoms. The van der Waals surface area contributed by atoms with E-state index < -0.39 is 11.6 Å². The SMILES string of the molecule is CN=C(N)NCc1ccc(F)cc1F. The van der Waals surface area contributed by atoms with Crippen LogP contribution >= 0.6 is 0 Å². The van der Waals surface area contributed by atoms with E-state index in [4.69, 9.17) is 5.73 Å². The molecule has 0 bridgehead atoms. The molecule has 0 unspecified atom stereocenters. The number of aliphatic imine (C=N–C) groups is 1. The molecular formula is C9H11F2N3. The molecule has 1 aromatic rings. The summed E-state index contributed by atoms with van der Waals surface area (Å²) in [4.78, 5) is 3.64. The summed E-state index contributed by atoms with van der Waals surface area (Å²) in [7, 11) is 1.52. The minimum atomic E-state index is -0.596. The molecule has 0 spiro atoms. The Kier molecular flexibility index (Phi) is 3.39. The third kappa shape index (κ3) is 2.69. The first-order chi connectivity index (χ1) is 6.63. The van der Waals surface area contributed by atoms with Crippen LogP contribution in [-0.2, 0) is 6.54 Å². The fourth-order valence-corrected chi connectivity index (χ4v) is 0.930. The molecule has 3 N–H and O–H groups in total. The van der Waals surface area contributed by atoms with Crippen molar-refractivity contribution in [2.24, 2.45) is 10.7 Å². The molecule has 0 heterocycles. The minimum Gasteiger partial charge on any atom is -0.370 e. The number of hydrogen-bond donors (Lipinski definition) is 2. The molecule has 0 amide bonds. The van der Waals surface area contributed by atoms with Crippen molar-refractivity contribution in [3.8, 4) is 0 Å². The molecule has 0 radical (unpaired) electrons. The van der Waals surface area contributed by atoms with Gasteiger partial charge in [0, 0.05) is 25.2 Å². The quantitative estimate of drug-likeness (QED) is 0.551. The zero-order valence-corrected chi connectivity index (χ0v) is 7.72. The average Bonchev–Trinajstić information content (AvgIpc) is 2.16. The molecule has 0 saturated heterocycles. The van der Waals surface area contributed by atoms with Gasteiger partial charge in [0.1, 0.15) is 11.6 Å². The Bertz CT molecular complexity index is 350. The van der Waals surface area contributed by atoms with Crippen molar-refractivity contribution in [1.29, 1.82) is 0 Å². The van der Waals surface area contributed by atoms with Gasteiger partial charge in [-0.15, -0.1) is 0 Å². The van der Waals surface area contributed by atoms with Gasteiger partial charge in [0.25, 0.3) is 0 Å². The number of rotatable bonds is 2. The lowest BCUT2D eigenvalue weighted by molar-refractivity contribution is 0.570. The van der Waals surface area contributed by atoms with Crippen LogP contribution in [-0.4, -0.2) is 13.0 Å². The number of halogens is 2. The lowest BCUT2D eigenvalue weighted by atomic mass is 10.2. The predicted molar refractivity (Wildman–Crippen MR) is 50.7 cm³/mol. The molecule has 5 heteroatoms. The fourth-order valence-electron chi connectivity index (χ4n) is 0.930. The second-order valence-electron chi connectivity index (χ2n) is 2.70. The van der Waals surface area contributed by atoms with Crippen molar-refractivity contribution in [3.05, 3.63) is 35.4 Å². The Morgan fingerprint density at radius 1 is 1.50 bits per heavy atom. The second-order valence-corrected chi connectivity index (χ2v) is 2.70. The lowest BCUT2D eigenvalue weighted by Gasteiger charge is -2.05. The molecule has 0 fully saturated rings. The van der Waals surface area contributed by atoms with Gasteiger partial charge in [0.05, 0.1) is 0 Å². The van der Waals surface area contributed by atoms with Gasteiger partial charge in [-0.2, -0.15) is 0 Å². The summed E-state index contributed by atoms with van der Waals surface area (Å²) in [6, 6.07) is 3.39. The van der Waals surface area contributed by atoms with Gasteiger partial charge >= 0.3 is 0 Å². The van der Waals surface area contributed by atoms with Crippen LogP contribution in [0.15, 0.2) is 23.2 Å². The first-order valence-electron chi connectivity index (χ1n) is 4.03. The Hall–Kier alpha value is -1.65. The standard InChI is InChI=1S/C9H11F2N3/c1-13-9(12)14-5-6-2-3-7(10)4-8(6)11/h2-4H,5H2,1H3,(H3,12,13,14). The highest BCUT2D eigenvalue weighted by molar-refractivity contribution is 5.77. The Morgan fingerprint density at radius 2 is 2.21 bits per heavy atom. The largest absolute Gasteiger partial charge is 0.370 e. The van der Waals surface area contributed by atoms with Crippen molar-refractivity contribution in [1.82, 2.24) is 5.32 Å². The van der Waals surface area contributed by atoms with Crippen molar-refractivity contribution in [2.75, 3.05) is 7.05 Å². The van der Waals surface area contributed by atoms with Gasteiger partial charge in [0.2, 0.25) is 0 Å². The molecule has 0 atom stereocenters. The van der Waals surface area contributed by atoms with E-state index in [0.717, 1.165) is 6.07 Å². The first-order valence-corrected chi connectivity index (χ1v) is 4.03. The van der Waals surface area contributed by atoms with Crippen molar-refractivity contribution in [2.45, 2.75) is 6.54 Å². The number of nitrogens with one attached hydrogen (secondary N) is 1. The van der Waals surface area contributed by atoms with E-state index >= 15 is 0 Å². The highest BCUT2D eigenvalue weighted by Gasteiger charge is 2.03. The second kappa shape index (κ2) is 4.55. The van der Waals surface area contributed by atoms with Gasteiger partial charge in [-0.3, -0.25) is 4.99 Å². The molecular weight excluding hydrogens is 188 g/mol. The minimum absolute atomic E-state index is 0.190. The van der Waals surface area contributed by atoms with Crippen molar-refractivity contribution < 1.29 is 8.78 Å². The first kappa shape index (κ1) is 10.4. The zero-order valence-electron chi connectivity index (χ0n) is 7.72. The summed E-state index contributed by atoms with van der Waals surface area (Å²) in [6.45, 7) is 0.190. The van der Waals surface area contributed by atoms with Gasteiger partial charge in [0.15, 0.2) is 5.96 Å². The van der Waals surface area contributed by atoms with Crippen LogP contribution in [0.1, 0.15) is 5.56 Å². The Balaban J connectivity index is 2.68. The highest BCUT2D eigenvalue weighted by Crippen LogP contribution is 2.08. The molecule has 76 valence electrons. The van der Waals surface area contributed by atoms with E-state index in [1.54, 1.807) is 0 Å². The van der Waals surface area contributed by atoms with Crippen LogP contribution < -0.4 is 11.1 Å². The van der Waals surface area contributed by atoms with Crippen LogP contribution in [0.3, 0.4) is 0 Å². The summed E-state index contributed by atoms with van der Waals surface area (Å²) in [6.07, 6.45) is 0. The summed E-state index contributed by atoms with van der Waals surface area (Å²) in [5.74, 6) is -0.974. The number of guanidine groups is 1. The van der Waals surface area contributed by atoms with Gasteiger partial charge in [-0.25, -0.2) is 8.78 Å². The van der Waals surface area contributed by atoms with E-state index in [1.807, 2.05) is 0 Å². The molecule has 0 aliphatic rings. The highest BCUT2D eigenvalue weighted by atomic mass is 19.1. The molecule has 1 aromatic carbocycles. The Morgan fingerprint density at radius 3 is 2.79 bits per heavy atom. The summed E-state index contributed by atoms with van der Waals surface area (Å²) in [5, 5.41) is 2.67. The summed E-state index contributed by atoms with van der Waals surface area (Å²) >= 11 is 0. The van der Waals surface area contributed by atoms with Crippen LogP contribution in [0.2, 0.25) is 0 Å². The maximum absolute atomic E-state index is 13.0. The van der Waals surface area contributed by atoms with Gasteiger partial charge in [-0.1, -0.05) is 6.07 Å². The lowest BCUT2D eigenvalue weighted by Crippen LogP contribution is -2.31. The van der Waals surface area contributed by atoms with E-state index in [0.29, 0.717) is 5.56 Å². The van der Waals surface area contributed by atoms with Crippen LogP contribution in [0, 0.1) is 11.6 Å². The van der Waals surface area contributed by atoms with E-state index in [9.17, 15) is 8.78 Å². The van der Waals surface area contributed by atoms with Crippen LogP contribution in [0.4, 0.5) is 8.78 Å². The topological polar surface area (TPSA) is 50.4 Å². The molecule has 3 nitrogen and oxygen atoms in total. The maximum Gasteiger partial charge on any atom is 0.188 e. The average molecular weight is 199 g/mol. The van der Waals surface area contributed by atoms with Gasteiger partial charge in [-0.05, 0) is 6.07 Å². The molecule has 0 aromatic heterocycles. The van der Waals surface area contributed by atoms with E-state index in [-0.39, 0.29) is 12.5 Å². The van der Waals surface area contributed by atoms with Crippen LogP contribution in [0.25, 0.3) is 0 Å². The molecule has 0 aliphatic heterocycles. The molecule has 1 rings (SSSR count). The Labute approximate surface area is 80.6 Å². The molecule has 0 saturated carbocycles. The monoisotopic (exact) mass is 199 g/mol. The number of hydrogen-bond acceptors (Lipinski definition) is 1. The summed E-state index contributed by atoms with van der Waals surface area (Å²) in [5.41, 5.74) is 5.69. The number of nitrogens with two attached hydrogens (primary N) is 1. The number of nitrogens with zero attached hydrogens (tertiary/aromatic N) is 1. The zero-order chi connectivity index (χ0) is 10.6. The van der Waals surface area contributed by atoms with E-state index in [2.05, 4.69) is 10.3 Å². The number of benzene rings is 1. The third-order valence-electron chi connectivity index (χ3n) is 1.72. The van der Waals surface area contributed by atoms with Gasteiger partial charge < -0.3 is 11.1 Å². The fraction of sp³-hybridized carbons (Fsp3) is 0.222. The van der Waals surface area contributed by atoms with Crippen molar-refractivity contribution >= 4 is 5.96 Å². The summed E-state index contributed by atoms with van der Waals surface area (Å²) < 4.78 is 25.5. The predicted octanol–water partition coefficient (Wildman–Crippen LogP) is 0.999. The third-order valence-corrected chi connectivity index (χ3v) is 1.72. The normalized spacial score (nSPS) is 11.5. The molecule has 0 aliphatic carbocycles. The van der Waals surface area contributed by atoms with Crippen LogP contribution in [0.5, 0.6) is 0 Å². The van der Waals surface area contributed by atoms with Crippen molar-refractivity contribution in [3.63, 3.8) is 0 Å². The smallest absolute Gasteiger partial charge is 0.188 e. The van der Waals surface area contributed by atoms with E-state index in [1.165, 1.54) is 19.2 Å².